The van der Waals surface area contributed by atoms with E-state index in [9.17, 15) is 9.59 Å². The van der Waals surface area contributed by atoms with Gasteiger partial charge in [0.2, 0.25) is 5.91 Å². The summed E-state index contributed by atoms with van der Waals surface area (Å²) < 4.78 is 0. The third kappa shape index (κ3) is 3.07. The average molecular weight is 444 g/mol. The van der Waals surface area contributed by atoms with Crippen LogP contribution in [0, 0.1) is 6.92 Å². The zero-order valence-electron chi connectivity index (χ0n) is 17.4. The number of primary amides is 1. The van der Waals surface area contributed by atoms with E-state index in [-0.39, 0.29) is 18.0 Å². The first-order valence-electron chi connectivity index (χ1n) is 10.0. The number of nitrogens with one attached hydrogen (secondary N) is 1. The Labute approximate surface area is 188 Å². The third-order valence-electron chi connectivity index (χ3n) is 5.91. The van der Waals surface area contributed by atoms with Gasteiger partial charge in [-0.15, -0.1) is 0 Å². The minimum absolute atomic E-state index is 0.0735. The molecule has 1 aliphatic rings. The van der Waals surface area contributed by atoms with Crippen LogP contribution in [0.15, 0.2) is 53.2 Å². The first-order valence-corrected chi connectivity index (χ1v) is 11.0. The van der Waals surface area contributed by atoms with Crippen molar-refractivity contribution in [1.29, 1.82) is 0 Å². The summed E-state index contributed by atoms with van der Waals surface area (Å²) >= 11 is 1.65. The SMILES string of the molecule is C=C(CN1Cc2c(-c3ccc4[nH]nc(-c5cscc5C)c4c3)ccc(N)c2C1=O)C(N)=O. The predicted octanol–water partition coefficient (Wildman–Crippen LogP) is 3.85. The van der Waals surface area contributed by atoms with Crippen LogP contribution in [-0.2, 0) is 11.3 Å². The summed E-state index contributed by atoms with van der Waals surface area (Å²) in [5.41, 5.74) is 19.4. The van der Waals surface area contributed by atoms with Crippen LogP contribution >= 0.6 is 11.3 Å². The lowest BCUT2D eigenvalue weighted by Gasteiger charge is -2.15. The highest BCUT2D eigenvalue weighted by molar-refractivity contribution is 7.08. The molecule has 2 aromatic heterocycles. The van der Waals surface area contributed by atoms with E-state index >= 15 is 0 Å². The molecule has 7 nitrogen and oxygen atoms in total. The largest absolute Gasteiger partial charge is 0.398 e. The van der Waals surface area contributed by atoms with Gasteiger partial charge in [-0.2, -0.15) is 16.4 Å². The molecule has 0 spiro atoms. The number of aromatic amines is 1. The average Bonchev–Trinajstić information content (AvgIpc) is 3.45. The van der Waals surface area contributed by atoms with Gasteiger partial charge < -0.3 is 16.4 Å². The number of thiophene rings is 1. The second-order valence-corrected chi connectivity index (χ2v) is 8.73. The zero-order valence-corrected chi connectivity index (χ0v) is 18.3. The molecule has 32 heavy (non-hydrogen) atoms. The van der Waals surface area contributed by atoms with Crippen molar-refractivity contribution in [2.75, 3.05) is 12.3 Å². The highest BCUT2D eigenvalue weighted by Crippen LogP contribution is 2.39. The van der Waals surface area contributed by atoms with Crippen molar-refractivity contribution in [1.82, 2.24) is 15.1 Å². The number of aromatic nitrogens is 2. The molecule has 0 saturated carbocycles. The maximum atomic E-state index is 13.0. The Morgan fingerprint density at radius 3 is 2.78 bits per heavy atom. The van der Waals surface area contributed by atoms with Crippen LogP contribution in [0.3, 0.4) is 0 Å². The molecule has 2 amide bonds. The third-order valence-corrected chi connectivity index (χ3v) is 6.77. The molecule has 0 unspecified atom stereocenters. The monoisotopic (exact) mass is 443 g/mol. The lowest BCUT2D eigenvalue weighted by atomic mass is 9.94. The number of aryl methyl sites for hydroxylation is 1. The fraction of sp³-hybridized carbons (Fsp3) is 0.125. The molecule has 5 rings (SSSR count). The fourth-order valence-corrected chi connectivity index (χ4v) is 5.03. The van der Waals surface area contributed by atoms with E-state index in [1.54, 1.807) is 22.3 Å². The number of carbonyl (C=O) groups excluding carboxylic acids is 2. The number of hydrogen-bond acceptors (Lipinski definition) is 5. The van der Waals surface area contributed by atoms with Crippen LogP contribution in [0.5, 0.6) is 0 Å². The van der Waals surface area contributed by atoms with Gasteiger partial charge in [-0.3, -0.25) is 14.7 Å². The summed E-state index contributed by atoms with van der Waals surface area (Å²) in [6, 6.07) is 9.78. The van der Waals surface area contributed by atoms with Gasteiger partial charge in [-0.1, -0.05) is 18.7 Å². The zero-order chi connectivity index (χ0) is 22.6. The molecule has 8 heteroatoms. The number of nitrogen functional groups attached to an aromatic ring is 1. The number of anilines is 1. The molecule has 0 fully saturated rings. The Bertz CT molecular complexity index is 1430. The van der Waals surface area contributed by atoms with Gasteiger partial charge in [-0.25, -0.2) is 0 Å². The number of fused-ring (bicyclic) bond motifs is 2. The maximum Gasteiger partial charge on any atom is 0.256 e. The number of rotatable bonds is 5. The van der Waals surface area contributed by atoms with Crippen molar-refractivity contribution in [3.8, 4) is 22.4 Å². The molecule has 0 aliphatic carbocycles. The van der Waals surface area contributed by atoms with Crippen molar-refractivity contribution in [3.05, 3.63) is 69.9 Å². The Morgan fingerprint density at radius 2 is 2.06 bits per heavy atom. The van der Waals surface area contributed by atoms with Gasteiger partial charge >= 0.3 is 0 Å². The van der Waals surface area contributed by atoms with Crippen LogP contribution in [0.25, 0.3) is 33.3 Å². The van der Waals surface area contributed by atoms with Crippen molar-refractivity contribution in [3.63, 3.8) is 0 Å². The highest BCUT2D eigenvalue weighted by atomic mass is 32.1. The standard InChI is InChI=1S/C24H21N5O2S/c1-12(23(26)30)8-29-9-17-15(4-5-19(25)21(17)24(29)31)14-3-6-20-16(7-14)22(28-27-20)18-11-32-10-13(18)2/h3-7,10-11H,1,8-9,25H2,2H3,(H2,26,30)(H,27,28). The smallest absolute Gasteiger partial charge is 0.256 e. The minimum atomic E-state index is -0.622. The molecular weight excluding hydrogens is 422 g/mol. The molecule has 0 saturated heterocycles. The number of hydrogen-bond donors (Lipinski definition) is 3. The number of amides is 2. The second kappa shape index (κ2) is 7.35. The summed E-state index contributed by atoms with van der Waals surface area (Å²) in [5, 5.41) is 12.9. The van der Waals surface area contributed by atoms with E-state index in [1.807, 2.05) is 18.2 Å². The minimum Gasteiger partial charge on any atom is -0.398 e. The van der Waals surface area contributed by atoms with Crippen LogP contribution in [-0.4, -0.2) is 33.5 Å². The number of H-pyrrole nitrogens is 1. The second-order valence-electron chi connectivity index (χ2n) is 7.99. The van der Waals surface area contributed by atoms with Crippen molar-refractivity contribution in [2.24, 2.45) is 5.73 Å². The fourth-order valence-electron chi connectivity index (χ4n) is 4.20. The summed E-state index contributed by atoms with van der Waals surface area (Å²) in [7, 11) is 0. The molecule has 0 atom stereocenters. The van der Waals surface area contributed by atoms with Crippen LogP contribution in [0.4, 0.5) is 5.69 Å². The Hall–Kier alpha value is -3.91. The van der Waals surface area contributed by atoms with Crippen LogP contribution in [0.1, 0.15) is 21.5 Å². The number of carbonyl (C=O) groups is 2. The number of nitrogens with two attached hydrogens (primary N) is 2. The molecule has 160 valence electrons. The van der Waals surface area contributed by atoms with Gasteiger partial charge in [0.15, 0.2) is 0 Å². The van der Waals surface area contributed by atoms with Crippen molar-refractivity contribution < 1.29 is 9.59 Å². The maximum absolute atomic E-state index is 13.0. The van der Waals surface area contributed by atoms with Crippen molar-refractivity contribution in [2.45, 2.75) is 13.5 Å². The van der Waals surface area contributed by atoms with Gasteiger partial charge in [0, 0.05) is 34.1 Å². The normalized spacial score (nSPS) is 13.0. The molecule has 1 aliphatic heterocycles. The number of benzene rings is 2. The van der Waals surface area contributed by atoms with Gasteiger partial charge in [0.25, 0.3) is 5.91 Å². The lowest BCUT2D eigenvalue weighted by molar-refractivity contribution is -0.114. The van der Waals surface area contributed by atoms with E-state index in [0.717, 1.165) is 38.9 Å². The quantitative estimate of drug-likeness (QED) is 0.321. The molecular formula is C24H21N5O2S. The first-order chi connectivity index (χ1) is 15.3. The van der Waals surface area contributed by atoms with Crippen LogP contribution in [0.2, 0.25) is 0 Å². The summed E-state index contributed by atoms with van der Waals surface area (Å²) in [6.45, 7) is 6.16. The van der Waals surface area contributed by atoms with E-state index in [0.29, 0.717) is 17.8 Å². The number of nitrogens with zero attached hydrogens (tertiary/aromatic N) is 2. The first kappa shape index (κ1) is 20.0. The van der Waals surface area contributed by atoms with Gasteiger partial charge in [0.1, 0.15) is 5.69 Å². The van der Waals surface area contributed by atoms with Gasteiger partial charge in [0.05, 0.1) is 17.6 Å². The predicted molar refractivity (Wildman–Crippen MR) is 127 cm³/mol. The molecule has 3 heterocycles. The summed E-state index contributed by atoms with van der Waals surface area (Å²) in [4.78, 5) is 26.0. The van der Waals surface area contributed by atoms with E-state index in [1.165, 1.54) is 5.56 Å². The van der Waals surface area contributed by atoms with E-state index in [4.69, 9.17) is 11.5 Å². The Balaban J connectivity index is 1.60. The lowest BCUT2D eigenvalue weighted by Crippen LogP contribution is -2.30. The highest BCUT2D eigenvalue weighted by Gasteiger charge is 2.32. The molecule has 4 aromatic rings. The van der Waals surface area contributed by atoms with Crippen molar-refractivity contribution >= 4 is 39.7 Å². The molecule has 0 bridgehead atoms. The Kier molecular flexibility index (Phi) is 4.60. The molecule has 2 aromatic carbocycles. The Morgan fingerprint density at radius 1 is 1.25 bits per heavy atom. The molecule has 5 N–H and O–H groups in total. The molecule has 0 radical (unpaired) electrons. The van der Waals surface area contributed by atoms with E-state index < -0.39 is 5.91 Å². The van der Waals surface area contributed by atoms with Crippen LogP contribution < -0.4 is 11.5 Å². The topological polar surface area (TPSA) is 118 Å². The summed E-state index contributed by atoms with van der Waals surface area (Å²) in [6.07, 6.45) is 0. The van der Waals surface area contributed by atoms with E-state index in [2.05, 4.69) is 40.5 Å². The summed E-state index contributed by atoms with van der Waals surface area (Å²) in [5.74, 6) is -0.843. The van der Waals surface area contributed by atoms with Gasteiger partial charge in [-0.05, 0) is 52.8 Å².